The minimum atomic E-state index is 0.677. The van der Waals surface area contributed by atoms with E-state index in [1.54, 1.807) is 12.4 Å². The predicted molar refractivity (Wildman–Crippen MR) is 47.4 cm³/mol. The fourth-order valence-electron chi connectivity index (χ4n) is 0.882. The van der Waals surface area contributed by atoms with Crippen LogP contribution in [-0.4, -0.2) is 9.97 Å². The molecule has 0 fully saturated rings. The first kappa shape index (κ1) is 7.49. The molecule has 2 rings (SSSR count). The molecule has 12 heavy (non-hydrogen) atoms. The van der Waals surface area contributed by atoms with E-state index in [9.17, 15) is 0 Å². The Balaban J connectivity index is 2.48. The molecule has 3 nitrogen and oxygen atoms in total. The number of pyridine rings is 1. The van der Waals surface area contributed by atoms with Crippen LogP contribution in [0.3, 0.4) is 0 Å². The molecular formula is C8H5BrN2O. The molecule has 0 aliphatic rings. The second-order valence-corrected chi connectivity index (χ2v) is 3.14. The summed E-state index contributed by atoms with van der Waals surface area (Å²) in [5.41, 5.74) is 0.780. The van der Waals surface area contributed by atoms with Crippen LogP contribution in [0.4, 0.5) is 0 Å². The van der Waals surface area contributed by atoms with Crippen molar-refractivity contribution in [2.45, 2.75) is 0 Å². The van der Waals surface area contributed by atoms with Gasteiger partial charge in [0.25, 0.3) is 0 Å². The van der Waals surface area contributed by atoms with Gasteiger partial charge in [0.15, 0.2) is 12.2 Å². The minimum absolute atomic E-state index is 0.677. The van der Waals surface area contributed by atoms with Crippen LogP contribution in [0.5, 0.6) is 0 Å². The van der Waals surface area contributed by atoms with Crippen LogP contribution < -0.4 is 0 Å². The molecule has 60 valence electrons. The van der Waals surface area contributed by atoms with Gasteiger partial charge in [-0.05, 0) is 12.1 Å². The summed E-state index contributed by atoms with van der Waals surface area (Å²) < 4.78 is 6.06. The van der Waals surface area contributed by atoms with E-state index in [1.807, 2.05) is 12.1 Å². The predicted octanol–water partition coefficient (Wildman–Crippen LogP) is 2.50. The van der Waals surface area contributed by atoms with Crippen molar-refractivity contribution in [2.24, 2.45) is 0 Å². The molecule has 2 aromatic rings. The molecule has 0 aromatic carbocycles. The van der Waals surface area contributed by atoms with Crippen LogP contribution in [-0.2, 0) is 0 Å². The van der Waals surface area contributed by atoms with Crippen LogP contribution in [0.2, 0.25) is 0 Å². The van der Waals surface area contributed by atoms with E-state index in [-0.39, 0.29) is 0 Å². The average Bonchev–Trinajstić information content (AvgIpc) is 2.56. The van der Waals surface area contributed by atoms with E-state index in [4.69, 9.17) is 4.42 Å². The summed E-state index contributed by atoms with van der Waals surface area (Å²) >= 11 is 3.35. The van der Waals surface area contributed by atoms with Gasteiger partial charge in [-0.25, -0.2) is 4.98 Å². The number of hydrogen-bond donors (Lipinski definition) is 0. The molecule has 0 saturated heterocycles. The third-order valence-electron chi connectivity index (χ3n) is 1.41. The van der Waals surface area contributed by atoms with Gasteiger partial charge in [0.2, 0.25) is 0 Å². The monoisotopic (exact) mass is 224 g/mol. The van der Waals surface area contributed by atoms with Gasteiger partial charge in [-0.1, -0.05) is 15.9 Å². The lowest BCUT2D eigenvalue weighted by molar-refractivity contribution is 0.570. The second-order valence-electron chi connectivity index (χ2n) is 2.22. The lowest BCUT2D eigenvalue weighted by Crippen LogP contribution is -1.78. The molecule has 4 heteroatoms. The molecule has 0 radical (unpaired) electrons. The van der Waals surface area contributed by atoms with Crippen LogP contribution in [0.25, 0.3) is 11.5 Å². The number of rotatable bonds is 1. The van der Waals surface area contributed by atoms with E-state index < -0.39 is 0 Å². The normalized spacial score (nSPS) is 10.1. The maximum atomic E-state index is 5.08. The quantitative estimate of drug-likeness (QED) is 0.748. The lowest BCUT2D eigenvalue weighted by atomic mass is 10.3. The summed E-state index contributed by atoms with van der Waals surface area (Å²) in [6, 6.07) is 3.74. The van der Waals surface area contributed by atoms with Gasteiger partial charge in [0.05, 0.1) is 6.20 Å². The summed E-state index contributed by atoms with van der Waals surface area (Å²) in [4.78, 5) is 7.92. The Morgan fingerprint density at radius 2 is 2.33 bits per heavy atom. The maximum Gasteiger partial charge on any atom is 0.181 e. The Kier molecular flexibility index (Phi) is 1.91. The zero-order chi connectivity index (χ0) is 8.39. The van der Waals surface area contributed by atoms with Crippen molar-refractivity contribution in [3.05, 3.63) is 35.4 Å². The standard InChI is InChI=1S/C8H5BrN2O/c9-6-1-2-11-7(3-6)8-4-10-5-12-8/h1-5H. The highest BCUT2D eigenvalue weighted by atomic mass is 79.9. The topological polar surface area (TPSA) is 38.9 Å². The molecule has 2 aromatic heterocycles. The Labute approximate surface area is 77.6 Å². The zero-order valence-electron chi connectivity index (χ0n) is 6.07. The van der Waals surface area contributed by atoms with Crippen molar-refractivity contribution in [1.82, 2.24) is 9.97 Å². The first-order chi connectivity index (χ1) is 5.86. The van der Waals surface area contributed by atoms with Crippen molar-refractivity contribution in [3.8, 4) is 11.5 Å². The number of aromatic nitrogens is 2. The minimum Gasteiger partial charge on any atom is -0.442 e. The third-order valence-corrected chi connectivity index (χ3v) is 1.90. The van der Waals surface area contributed by atoms with Gasteiger partial charge in [-0.2, -0.15) is 0 Å². The van der Waals surface area contributed by atoms with Gasteiger partial charge in [0.1, 0.15) is 5.69 Å². The number of oxazole rings is 1. The molecule has 0 spiro atoms. The van der Waals surface area contributed by atoms with Crippen LogP contribution in [0, 0.1) is 0 Å². The van der Waals surface area contributed by atoms with Crippen molar-refractivity contribution >= 4 is 15.9 Å². The van der Waals surface area contributed by atoms with Gasteiger partial charge in [-0.3, -0.25) is 4.98 Å². The van der Waals surface area contributed by atoms with E-state index in [1.165, 1.54) is 6.39 Å². The highest BCUT2D eigenvalue weighted by Gasteiger charge is 2.01. The Hall–Kier alpha value is -1.16. The molecule has 0 aliphatic heterocycles. The number of hydrogen-bond acceptors (Lipinski definition) is 3. The smallest absolute Gasteiger partial charge is 0.181 e. The highest BCUT2D eigenvalue weighted by Crippen LogP contribution is 2.19. The fourth-order valence-corrected chi connectivity index (χ4v) is 1.22. The average molecular weight is 225 g/mol. The van der Waals surface area contributed by atoms with Crippen molar-refractivity contribution in [3.63, 3.8) is 0 Å². The van der Waals surface area contributed by atoms with Gasteiger partial charge in [-0.15, -0.1) is 0 Å². The first-order valence-electron chi connectivity index (χ1n) is 3.37. The first-order valence-corrected chi connectivity index (χ1v) is 4.16. The highest BCUT2D eigenvalue weighted by molar-refractivity contribution is 9.10. The van der Waals surface area contributed by atoms with E-state index >= 15 is 0 Å². The lowest BCUT2D eigenvalue weighted by Gasteiger charge is -1.93. The Morgan fingerprint density at radius 3 is 3.00 bits per heavy atom. The summed E-state index contributed by atoms with van der Waals surface area (Å²) in [6.45, 7) is 0. The van der Waals surface area contributed by atoms with E-state index in [0.29, 0.717) is 5.76 Å². The zero-order valence-corrected chi connectivity index (χ0v) is 7.65. The van der Waals surface area contributed by atoms with Crippen LogP contribution in [0.1, 0.15) is 0 Å². The summed E-state index contributed by atoms with van der Waals surface area (Å²) in [6.07, 6.45) is 4.73. The van der Waals surface area contributed by atoms with Crippen molar-refractivity contribution in [2.75, 3.05) is 0 Å². The molecule has 2 heterocycles. The third kappa shape index (κ3) is 1.38. The SMILES string of the molecule is Brc1ccnc(-c2cnco2)c1. The van der Waals surface area contributed by atoms with Gasteiger partial charge >= 0.3 is 0 Å². The summed E-state index contributed by atoms with van der Waals surface area (Å²) in [5, 5.41) is 0. The number of halogens is 1. The Bertz CT molecular complexity index is 372. The molecule has 0 bridgehead atoms. The molecule has 0 unspecified atom stereocenters. The van der Waals surface area contributed by atoms with E-state index in [2.05, 4.69) is 25.9 Å². The fraction of sp³-hybridized carbons (Fsp3) is 0. The van der Waals surface area contributed by atoms with Gasteiger partial charge in [0, 0.05) is 10.7 Å². The molecule has 0 atom stereocenters. The second kappa shape index (κ2) is 3.06. The largest absolute Gasteiger partial charge is 0.442 e. The number of nitrogens with zero attached hydrogens (tertiary/aromatic N) is 2. The molecule has 0 saturated carbocycles. The van der Waals surface area contributed by atoms with Crippen molar-refractivity contribution < 1.29 is 4.42 Å². The van der Waals surface area contributed by atoms with Gasteiger partial charge < -0.3 is 4.42 Å². The van der Waals surface area contributed by atoms with Crippen LogP contribution >= 0.6 is 15.9 Å². The summed E-state index contributed by atoms with van der Waals surface area (Å²) in [5.74, 6) is 0.677. The summed E-state index contributed by atoms with van der Waals surface area (Å²) in [7, 11) is 0. The Morgan fingerprint density at radius 1 is 1.42 bits per heavy atom. The maximum absolute atomic E-state index is 5.08. The molecule has 0 aliphatic carbocycles. The van der Waals surface area contributed by atoms with Crippen LogP contribution in [0.15, 0.2) is 39.8 Å². The molecule has 0 N–H and O–H groups in total. The van der Waals surface area contributed by atoms with Crippen molar-refractivity contribution in [1.29, 1.82) is 0 Å². The molecular weight excluding hydrogens is 220 g/mol. The van der Waals surface area contributed by atoms with E-state index in [0.717, 1.165) is 10.2 Å². The molecule has 0 amide bonds.